The van der Waals surface area contributed by atoms with E-state index in [0.717, 1.165) is 50.4 Å². The second kappa shape index (κ2) is 8.64. The van der Waals surface area contributed by atoms with Crippen LogP contribution in [0.4, 0.5) is 0 Å². The van der Waals surface area contributed by atoms with Crippen LogP contribution < -0.4 is 10.6 Å². The number of likely N-dealkylation sites (tertiary alicyclic amines) is 1. The summed E-state index contributed by atoms with van der Waals surface area (Å²) in [5.74, 6) is 0. The van der Waals surface area contributed by atoms with Gasteiger partial charge in [0.25, 0.3) is 0 Å². The van der Waals surface area contributed by atoms with Crippen LogP contribution in [0.1, 0.15) is 58.9 Å². The van der Waals surface area contributed by atoms with Crippen molar-refractivity contribution in [3.05, 3.63) is 30.1 Å². The van der Waals surface area contributed by atoms with Crippen LogP contribution in [0.3, 0.4) is 0 Å². The number of pyridine rings is 1. The largest absolute Gasteiger partial charge is 0.360 e. The van der Waals surface area contributed by atoms with Crippen LogP contribution in [0, 0.1) is 0 Å². The van der Waals surface area contributed by atoms with Crippen LogP contribution in [-0.4, -0.2) is 63.2 Å². The molecule has 0 amide bonds. The fraction of sp³-hybridized carbons (Fsp3) is 0.727. The first-order valence-corrected chi connectivity index (χ1v) is 11.0. The first-order valence-electron chi connectivity index (χ1n) is 10.6. The Hall–Kier alpha value is -1.24. The number of rotatable bonds is 4. The molecule has 2 saturated heterocycles. The maximum absolute atomic E-state index is 5.98. The predicted molar refractivity (Wildman–Crippen MR) is 120 cm³/mol. The molecule has 3 rings (SSSR count). The van der Waals surface area contributed by atoms with Crippen LogP contribution >= 0.6 is 12.2 Å². The Bertz CT molecular complexity index is 636. The minimum Gasteiger partial charge on any atom is -0.360 e. The molecule has 0 spiro atoms. The van der Waals surface area contributed by atoms with E-state index in [0.29, 0.717) is 12.1 Å². The number of piperidine rings is 2. The molecule has 1 aromatic rings. The molecule has 2 N–H and O–H groups in total. The van der Waals surface area contributed by atoms with Gasteiger partial charge in [-0.05, 0) is 97.4 Å². The van der Waals surface area contributed by atoms with E-state index in [9.17, 15) is 0 Å². The number of nitrogens with one attached hydrogen (secondary N) is 2. The monoisotopic (exact) mass is 403 g/mol. The van der Waals surface area contributed by atoms with Crippen LogP contribution in [0.2, 0.25) is 0 Å². The molecule has 2 aliphatic rings. The Kier molecular flexibility index (Phi) is 6.62. The van der Waals surface area contributed by atoms with Gasteiger partial charge in [0.2, 0.25) is 0 Å². The SMILES string of the molecule is CN1CCC(N(Cc2cccnc2)C(=S)NC2CC(C)(C)NC(C)(C)C2)CC1. The minimum absolute atomic E-state index is 0.108. The summed E-state index contributed by atoms with van der Waals surface area (Å²) in [5, 5.41) is 8.40. The summed E-state index contributed by atoms with van der Waals surface area (Å²) < 4.78 is 0. The molecule has 3 heterocycles. The lowest BCUT2D eigenvalue weighted by Gasteiger charge is -2.48. The van der Waals surface area contributed by atoms with Crippen LogP contribution in [0.15, 0.2) is 24.5 Å². The average Bonchev–Trinajstić information content (AvgIpc) is 2.58. The molecular formula is C22H37N5S. The Morgan fingerprint density at radius 2 is 1.89 bits per heavy atom. The Morgan fingerprint density at radius 1 is 1.25 bits per heavy atom. The number of hydrogen-bond donors (Lipinski definition) is 2. The summed E-state index contributed by atoms with van der Waals surface area (Å²) >= 11 is 5.98. The third kappa shape index (κ3) is 5.88. The molecule has 0 saturated carbocycles. The van der Waals surface area contributed by atoms with E-state index in [1.54, 1.807) is 0 Å². The average molecular weight is 404 g/mol. The van der Waals surface area contributed by atoms with Crippen LogP contribution in [-0.2, 0) is 6.54 Å². The number of hydrogen-bond acceptors (Lipinski definition) is 4. The molecule has 2 aliphatic heterocycles. The van der Waals surface area contributed by atoms with E-state index >= 15 is 0 Å². The van der Waals surface area contributed by atoms with Gasteiger partial charge in [-0.2, -0.15) is 0 Å². The number of nitrogens with zero attached hydrogens (tertiary/aromatic N) is 3. The second-order valence-electron chi connectivity index (χ2n) is 9.97. The Balaban J connectivity index is 1.72. The van der Waals surface area contributed by atoms with E-state index in [1.807, 2.05) is 18.5 Å². The lowest BCUT2D eigenvalue weighted by Crippen LogP contribution is -2.63. The van der Waals surface area contributed by atoms with Crippen molar-refractivity contribution in [2.45, 2.75) is 83.1 Å². The molecule has 156 valence electrons. The zero-order valence-corrected chi connectivity index (χ0v) is 19.0. The smallest absolute Gasteiger partial charge is 0.169 e. The van der Waals surface area contributed by atoms with Crippen molar-refractivity contribution in [2.24, 2.45) is 0 Å². The topological polar surface area (TPSA) is 43.4 Å². The molecule has 2 fully saturated rings. The molecule has 0 unspecified atom stereocenters. The number of aromatic nitrogens is 1. The summed E-state index contributed by atoms with van der Waals surface area (Å²) in [6, 6.07) is 5.03. The molecule has 5 nitrogen and oxygen atoms in total. The predicted octanol–water partition coefficient (Wildman–Crippen LogP) is 3.16. The van der Waals surface area contributed by atoms with Crippen molar-refractivity contribution < 1.29 is 0 Å². The van der Waals surface area contributed by atoms with Gasteiger partial charge in [0, 0.05) is 42.1 Å². The maximum atomic E-state index is 5.98. The lowest BCUT2D eigenvalue weighted by molar-refractivity contribution is 0.145. The van der Waals surface area contributed by atoms with E-state index in [4.69, 9.17) is 12.2 Å². The third-order valence-corrected chi connectivity index (χ3v) is 6.34. The lowest BCUT2D eigenvalue weighted by atomic mass is 9.80. The van der Waals surface area contributed by atoms with Crippen molar-refractivity contribution in [3.8, 4) is 0 Å². The highest BCUT2D eigenvalue weighted by atomic mass is 32.1. The Labute approximate surface area is 176 Å². The normalized spacial score (nSPS) is 23.3. The maximum Gasteiger partial charge on any atom is 0.169 e. The molecule has 6 heteroatoms. The molecule has 0 atom stereocenters. The highest BCUT2D eigenvalue weighted by Crippen LogP contribution is 2.29. The van der Waals surface area contributed by atoms with E-state index < -0.39 is 0 Å². The molecule has 28 heavy (non-hydrogen) atoms. The third-order valence-electron chi connectivity index (χ3n) is 5.98. The van der Waals surface area contributed by atoms with E-state index in [-0.39, 0.29) is 11.1 Å². The summed E-state index contributed by atoms with van der Waals surface area (Å²) in [5.41, 5.74) is 1.43. The van der Waals surface area contributed by atoms with Gasteiger partial charge < -0.3 is 20.4 Å². The van der Waals surface area contributed by atoms with Gasteiger partial charge in [0.15, 0.2) is 5.11 Å². The van der Waals surface area contributed by atoms with Gasteiger partial charge in [0.1, 0.15) is 0 Å². The molecular weight excluding hydrogens is 366 g/mol. The highest BCUT2D eigenvalue weighted by Gasteiger charge is 2.38. The fourth-order valence-corrected chi connectivity index (χ4v) is 5.42. The molecule has 0 aliphatic carbocycles. The minimum atomic E-state index is 0.108. The van der Waals surface area contributed by atoms with Crippen LogP contribution in [0.25, 0.3) is 0 Å². The summed E-state index contributed by atoms with van der Waals surface area (Å²) in [7, 11) is 2.21. The molecule has 1 aromatic heterocycles. The standard InChI is InChI=1S/C22H37N5S/c1-21(2)13-18(14-22(3,4)25-21)24-20(28)27(16-17-7-6-10-23-15-17)19-8-11-26(5)12-9-19/h6-7,10,15,18-19,25H,8-9,11-14,16H2,1-5H3,(H,24,28). The quantitative estimate of drug-likeness (QED) is 0.753. The summed E-state index contributed by atoms with van der Waals surface area (Å²) in [6.07, 6.45) is 8.25. The van der Waals surface area contributed by atoms with Gasteiger partial charge in [-0.3, -0.25) is 4.98 Å². The molecule has 0 bridgehead atoms. The van der Waals surface area contributed by atoms with Crippen molar-refractivity contribution in [1.29, 1.82) is 0 Å². The van der Waals surface area contributed by atoms with Gasteiger partial charge in [-0.15, -0.1) is 0 Å². The van der Waals surface area contributed by atoms with E-state index in [1.165, 1.54) is 5.56 Å². The first-order chi connectivity index (χ1) is 13.1. The van der Waals surface area contributed by atoms with Crippen molar-refractivity contribution in [3.63, 3.8) is 0 Å². The van der Waals surface area contributed by atoms with Crippen molar-refractivity contribution in [2.75, 3.05) is 20.1 Å². The zero-order chi connectivity index (χ0) is 20.4. The first kappa shape index (κ1) is 21.5. The van der Waals surface area contributed by atoms with Gasteiger partial charge in [-0.25, -0.2) is 0 Å². The van der Waals surface area contributed by atoms with Gasteiger partial charge in [0.05, 0.1) is 0 Å². The molecule has 0 radical (unpaired) electrons. The van der Waals surface area contributed by atoms with Crippen molar-refractivity contribution >= 4 is 17.3 Å². The summed E-state index contributed by atoms with van der Waals surface area (Å²) in [6.45, 7) is 12.2. The van der Waals surface area contributed by atoms with Gasteiger partial charge in [-0.1, -0.05) is 6.07 Å². The van der Waals surface area contributed by atoms with Crippen LogP contribution in [0.5, 0.6) is 0 Å². The van der Waals surface area contributed by atoms with Gasteiger partial charge >= 0.3 is 0 Å². The second-order valence-corrected chi connectivity index (χ2v) is 10.4. The number of thiocarbonyl (C=S) groups is 1. The van der Waals surface area contributed by atoms with E-state index in [2.05, 4.69) is 66.2 Å². The fourth-order valence-electron chi connectivity index (χ4n) is 5.04. The van der Waals surface area contributed by atoms with Crippen molar-refractivity contribution in [1.82, 2.24) is 25.4 Å². The molecule has 0 aromatic carbocycles. The summed E-state index contributed by atoms with van der Waals surface area (Å²) in [4.78, 5) is 9.13. The zero-order valence-electron chi connectivity index (χ0n) is 18.2. The Morgan fingerprint density at radius 3 is 2.46 bits per heavy atom. The highest BCUT2D eigenvalue weighted by molar-refractivity contribution is 7.80.